The zero-order valence-electron chi connectivity index (χ0n) is 13.4. The fourth-order valence-electron chi connectivity index (χ4n) is 2.57. The van der Waals surface area contributed by atoms with Gasteiger partial charge in [0.25, 0.3) is 5.91 Å². The van der Waals surface area contributed by atoms with E-state index in [9.17, 15) is 24.5 Å². The molecular formula is C16H17FN4O5. The molecule has 1 aliphatic rings. The molecule has 26 heavy (non-hydrogen) atoms. The van der Waals surface area contributed by atoms with Gasteiger partial charge in [-0.1, -0.05) is 18.2 Å². The van der Waals surface area contributed by atoms with Gasteiger partial charge in [-0.2, -0.15) is 0 Å². The zero-order valence-corrected chi connectivity index (χ0v) is 13.4. The lowest BCUT2D eigenvalue weighted by Gasteiger charge is -2.15. The van der Waals surface area contributed by atoms with Crippen molar-refractivity contribution in [1.29, 1.82) is 0 Å². The van der Waals surface area contributed by atoms with Crippen molar-refractivity contribution in [3.63, 3.8) is 0 Å². The number of nitrogens with two attached hydrogens (primary N) is 1. The molecule has 1 amide bonds. The summed E-state index contributed by atoms with van der Waals surface area (Å²) in [7, 11) is 0. The number of hydrogen-bond donors (Lipinski definition) is 4. The van der Waals surface area contributed by atoms with Crippen molar-refractivity contribution >= 4 is 18.1 Å². The van der Waals surface area contributed by atoms with Gasteiger partial charge in [-0.3, -0.25) is 4.79 Å². The van der Waals surface area contributed by atoms with Gasteiger partial charge in [0.05, 0.1) is 6.61 Å². The van der Waals surface area contributed by atoms with Crippen LogP contribution in [0.4, 0.5) is 4.39 Å². The molecule has 4 atom stereocenters. The molecule has 138 valence electrons. The Morgan fingerprint density at radius 1 is 1.27 bits per heavy atom. The minimum Gasteiger partial charge on any atom is -0.394 e. The van der Waals surface area contributed by atoms with Gasteiger partial charge in [0, 0.05) is 0 Å². The highest BCUT2D eigenvalue weighted by atomic mass is 19.1. The second-order valence-corrected chi connectivity index (χ2v) is 5.72. The molecule has 10 heteroatoms. The number of rotatable bonds is 5. The number of amides is 1. The van der Waals surface area contributed by atoms with Crippen molar-refractivity contribution in [3.8, 4) is 0 Å². The van der Waals surface area contributed by atoms with Crippen LogP contribution in [0.5, 0.6) is 0 Å². The molecular weight excluding hydrogens is 347 g/mol. The van der Waals surface area contributed by atoms with Crippen LogP contribution >= 0.6 is 0 Å². The first-order chi connectivity index (χ1) is 12.4. The molecule has 1 saturated heterocycles. The quantitative estimate of drug-likeness (QED) is 0.549. The van der Waals surface area contributed by atoms with E-state index in [1.165, 1.54) is 30.3 Å². The lowest BCUT2D eigenvalue weighted by atomic mass is 10.1. The molecule has 0 saturated carbocycles. The first-order valence-corrected chi connectivity index (χ1v) is 7.73. The van der Waals surface area contributed by atoms with Gasteiger partial charge in [0.2, 0.25) is 5.82 Å². The summed E-state index contributed by atoms with van der Waals surface area (Å²) in [5.74, 6) is -1.45. The van der Waals surface area contributed by atoms with Crippen LogP contribution in [-0.4, -0.2) is 60.9 Å². The maximum atomic E-state index is 13.0. The van der Waals surface area contributed by atoms with Crippen molar-refractivity contribution in [2.24, 2.45) is 5.73 Å². The fourth-order valence-corrected chi connectivity index (χ4v) is 2.57. The molecule has 1 fully saturated rings. The molecule has 0 aliphatic carbocycles. The maximum Gasteiger partial charge on any atom is 0.288 e. The Morgan fingerprint density at radius 3 is 2.54 bits per heavy atom. The number of aromatic nitrogens is 3. The van der Waals surface area contributed by atoms with Gasteiger partial charge in [0.15, 0.2) is 12.1 Å². The van der Waals surface area contributed by atoms with Crippen LogP contribution in [0.15, 0.2) is 24.3 Å². The smallest absolute Gasteiger partial charge is 0.288 e. The molecule has 1 aromatic heterocycles. The zero-order chi connectivity index (χ0) is 18.8. The van der Waals surface area contributed by atoms with Gasteiger partial charge in [-0.05, 0) is 23.8 Å². The van der Waals surface area contributed by atoms with Crippen molar-refractivity contribution in [1.82, 2.24) is 14.8 Å². The van der Waals surface area contributed by atoms with Crippen LogP contribution in [0.1, 0.15) is 28.2 Å². The highest BCUT2D eigenvalue weighted by Gasteiger charge is 2.44. The minimum absolute atomic E-state index is 0.123. The van der Waals surface area contributed by atoms with E-state index < -0.39 is 37.1 Å². The number of carbonyl (C=O) groups is 1. The third kappa shape index (κ3) is 3.48. The summed E-state index contributed by atoms with van der Waals surface area (Å²) in [4.78, 5) is 15.4. The summed E-state index contributed by atoms with van der Waals surface area (Å²) < 4.78 is 19.5. The second-order valence-electron chi connectivity index (χ2n) is 5.72. The van der Waals surface area contributed by atoms with E-state index in [1.807, 2.05) is 0 Å². The van der Waals surface area contributed by atoms with E-state index >= 15 is 0 Å². The first-order valence-electron chi connectivity index (χ1n) is 7.73. The van der Waals surface area contributed by atoms with Crippen LogP contribution < -0.4 is 5.73 Å². The summed E-state index contributed by atoms with van der Waals surface area (Å²) in [6, 6.07) is 5.64. The molecule has 1 aliphatic heterocycles. The van der Waals surface area contributed by atoms with E-state index in [0.717, 1.165) is 4.68 Å². The molecule has 0 bridgehead atoms. The number of nitrogens with zero attached hydrogens (tertiary/aromatic N) is 3. The van der Waals surface area contributed by atoms with Crippen LogP contribution in [0.3, 0.4) is 0 Å². The monoisotopic (exact) mass is 364 g/mol. The van der Waals surface area contributed by atoms with Gasteiger partial charge in [-0.15, -0.1) is 5.10 Å². The predicted molar refractivity (Wildman–Crippen MR) is 86.9 cm³/mol. The maximum absolute atomic E-state index is 13.0. The molecule has 2 heterocycles. The largest absolute Gasteiger partial charge is 0.394 e. The second kappa shape index (κ2) is 7.30. The summed E-state index contributed by atoms with van der Waals surface area (Å²) in [6.07, 6.45) is -1.85. The predicted octanol–water partition coefficient (Wildman–Crippen LogP) is -0.702. The highest BCUT2D eigenvalue weighted by Crippen LogP contribution is 2.30. The molecule has 2 aromatic rings. The molecule has 3 rings (SSSR count). The van der Waals surface area contributed by atoms with E-state index in [1.54, 1.807) is 6.08 Å². The molecule has 1 aromatic carbocycles. The molecule has 0 unspecified atom stereocenters. The van der Waals surface area contributed by atoms with Crippen LogP contribution in [-0.2, 0) is 4.74 Å². The topological polar surface area (TPSA) is 144 Å². The molecule has 9 nitrogen and oxygen atoms in total. The summed E-state index contributed by atoms with van der Waals surface area (Å²) in [6.45, 7) is -0.507. The Kier molecular flexibility index (Phi) is 5.09. The van der Waals surface area contributed by atoms with Crippen molar-refractivity contribution in [2.45, 2.75) is 24.5 Å². The van der Waals surface area contributed by atoms with Crippen molar-refractivity contribution < 1.29 is 29.2 Å². The Hall–Kier alpha value is -2.66. The van der Waals surface area contributed by atoms with Gasteiger partial charge >= 0.3 is 0 Å². The fraction of sp³-hybridized carbons (Fsp3) is 0.312. The summed E-state index contributed by atoms with van der Waals surface area (Å²) in [5.41, 5.74) is 5.85. The van der Waals surface area contributed by atoms with E-state index in [2.05, 4.69) is 10.1 Å². The number of aliphatic hydroxyl groups is 3. The number of aliphatic hydroxyl groups excluding tert-OH is 3. The average Bonchev–Trinajstić information content (AvgIpc) is 3.16. The SMILES string of the molecule is NC(=O)c1nc(/C=C/c2ccc(F)cc2)n([C@@H]2O[C@H](CO)[C@@H](O)[C@H]2O)n1. The van der Waals surface area contributed by atoms with Crippen molar-refractivity contribution in [2.75, 3.05) is 6.61 Å². The number of hydrogen-bond acceptors (Lipinski definition) is 7. The Bertz CT molecular complexity index is 823. The van der Waals surface area contributed by atoms with E-state index in [4.69, 9.17) is 10.5 Å². The van der Waals surface area contributed by atoms with Gasteiger partial charge in [-0.25, -0.2) is 14.1 Å². The lowest BCUT2D eigenvalue weighted by molar-refractivity contribution is -0.0591. The Balaban J connectivity index is 1.94. The van der Waals surface area contributed by atoms with Gasteiger partial charge < -0.3 is 25.8 Å². The Labute approximate surface area is 147 Å². The summed E-state index contributed by atoms with van der Waals surface area (Å²) >= 11 is 0. The third-order valence-corrected chi connectivity index (χ3v) is 3.93. The number of halogens is 1. The lowest BCUT2D eigenvalue weighted by Crippen LogP contribution is -2.33. The first kappa shape index (κ1) is 18.1. The normalized spacial score (nSPS) is 25.8. The molecule has 5 N–H and O–H groups in total. The third-order valence-electron chi connectivity index (χ3n) is 3.93. The Morgan fingerprint density at radius 2 is 1.96 bits per heavy atom. The van der Waals surface area contributed by atoms with Crippen LogP contribution in [0.2, 0.25) is 0 Å². The van der Waals surface area contributed by atoms with Crippen LogP contribution in [0, 0.1) is 5.82 Å². The molecule has 0 spiro atoms. The minimum atomic E-state index is -1.40. The van der Waals surface area contributed by atoms with Crippen LogP contribution in [0.25, 0.3) is 12.2 Å². The molecule has 0 radical (unpaired) electrons. The summed E-state index contributed by atoms with van der Waals surface area (Å²) in [5, 5.41) is 33.1. The van der Waals surface area contributed by atoms with Gasteiger partial charge in [0.1, 0.15) is 24.1 Å². The number of ether oxygens (including phenoxy) is 1. The number of primary amides is 1. The van der Waals surface area contributed by atoms with Crippen molar-refractivity contribution in [3.05, 3.63) is 47.3 Å². The number of benzene rings is 1. The average molecular weight is 364 g/mol. The number of carbonyl (C=O) groups excluding carboxylic acids is 1. The van der Waals surface area contributed by atoms with E-state index in [-0.39, 0.29) is 17.5 Å². The standard InChI is InChI=1S/C16H17FN4O5/c17-9-4-1-8(2-5-9)3-6-11-19-15(14(18)25)20-21(11)16-13(24)12(23)10(7-22)26-16/h1-6,10,12-13,16,22-24H,7H2,(H2,18,25)/b6-3+/t10-,12-,13-,16-/m1/s1. The highest BCUT2D eigenvalue weighted by molar-refractivity contribution is 5.89. The van der Waals surface area contributed by atoms with E-state index in [0.29, 0.717) is 5.56 Å².